The number of hydrogen-bond acceptors (Lipinski definition) is 9. The lowest BCUT2D eigenvalue weighted by Crippen LogP contribution is -2.35. The molecule has 9 nitrogen and oxygen atoms in total. The smallest absolute Gasteiger partial charge is 0.266 e. The van der Waals surface area contributed by atoms with Crippen LogP contribution in [0.2, 0.25) is 0 Å². The topological polar surface area (TPSA) is 135 Å². The predicted octanol–water partition coefficient (Wildman–Crippen LogP) is 2.60. The fraction of sp³-hybridized carbons (Fsp3) is 0.444. The van der Waals surface area contributed by atoms with Gasteiger partial charge in [-0.15, -0.1) is 0 Å². The molecule has 2 N–H and O–H groups in total. The molecule has 2 rings (SSSR count). The van der Waals surface area contributed by atoms with E-state index in [1.54, 1.807) is 6.92 Å². The molecule has 0 saturated heterocycles. The summed E-state index contributed by atoms with van der Waals surface area (Å²) in [5, 5.41) is 22.8. The number of alkyl halides is 2. The van der Waals surface area contributed by atoms with Gasteiger partial charge in [-0.2, -0.15) is 0 Å². The molecule has 14 heteroatoms. The molecule has 1 atom stereocenters. The number of sulfone groups is 1. The van der Waals surface area contributed by atoms with Gasteiger partial charge < -0.3 is 10.5 Å². The first-order valence-electron chi connectivity index (χ1n) is 9.20. The maximum absolute atomic E-state index is 13.5. The molecule has 0 saturated carbocycles. The number of carbonyl (C=O) groups excluding carboxylic acids is 1. The minimum atomic E-state index is -3.25. The molecule has 176 valence electrons. The van der Waals surface area contributed by atoms with Crippen molar-refractivity contribution in [1.29, 1.82) is 0 Å². The first kappa shape index (κ1) is 25.6. The van der Waals surface area contributed by atoms with Gasteiger partial charge in [0.1, 0.15) is 21.4 Å². The van der Waals surface area contributed by atoms with E-state index in [2.05, 4.69) is 25.4 Å². The number of aromatic nitrogens is 2. The fourth-order valence-corrected chi connectivity index (χ4v) is 3.98. The molecule has 32 heavy (non-hydrogen) atoms. The number of halogens is 3. The quantitative estimate of drug-likeness (QED) is 0.211. The molecule has 1 heterocycles. The van der Waals surface area contributed by atoms with Crippen LogP contribution in [0.25, 0.3) is 0 Å². The molecule has 0 radical (unpaired) electrons. The highest BCUT2D eigenvalue weighted by molar-refractivity contribution is 7.99. The molecule has 0 aliphatic heterocycles. The van der Waals surface area contributed by atoms with Crippen molar-refractivity contribution in [3.63, 3.8) is 0 Å². The molecule has 1 amide bonds. The Bertz CT molecular complexity index is 1080. The first-order chi connectivity index (χ1) is 15.0. The highest BCUT2D eigenvalue weighted by atomic mass is 32.2. The molecule has 0 aliphatic carbocycles. The van der Waals surface area contributed by atoms with Gasteiger partial charge in [-0.05, 0) is 34.9 Å². The zero-order valence-electron chi connectivity index (χ0n) is 17.1. The Morgan fingerprint density at radius 1 is 1.34 bits per heavy atom. The van der Waals surface area contributed by atoms with Crippen LogP contribution in [0, 0.1) is 5.82 Å². The van der Waals surface area contributed by atoms with Crippen LogP contribution in [-0.4, -0.2) is 59.4 Å². The summed E-state index contributed by atoms with van der Waals surface area (Å²) < 4.78 is 66.3. The lowest BCUT2D eigenvalue weighted by molar-refractivity contribution is -0.121. The van der Waals surface area contributed by atoms with Gasteiger partial charge in [0.05, 0.1) is 11.3 Å². The van der Waals surface area contributed by atoms with Crippen molar-refractivity contribution in [1.82, 2.24) is 15.6 Å². The average molecular weight is 495 g/mol. The Labute approximate surface area is 186 Å². The van der Waals surface area contributed by atoms with Crippen molar-refractivity contribution in [2.45, 2.75) is 37.3 Å². The molecule has 0 fully saturated rings. The monoisotopic (exact) mass is 494 g/mol. The minimum absolute atomic E-state index is 0.0367. The van der Waals surface area contributed by atoms with E-state index in [9.17, 15) is 31.6 Å². The largest absolute Gasteiger partial charge is 0.411 e. The van der Waals surface area contributed by atoms with E-state index in [1.807, 2.05) is 0 Å². The summed E-state index contributed by atoms with van der Waals surface area (Å²) in [6, 6.07) is 2.79. The molecule has 1 aromatic heterocycles. The van der Waals surface area contributed by atoms with Crippen molar-refractivity contribution in [2.24, 2.45) is 5.16 Å². The SMILES string of the molecule is C[C@H](CSc1nonc1C(Cc1ccc(F)c(C(F)F)c1)=NO)NC(=O)CCS(C)(=O)=O. The lowest BCUT2D eigenvalue weighted by atomic mass is 10.0. The second kappa shape index (κ2) is 11.3. The number of carbonyl (C=O) groups is 1. The first-order valence-corrected chi connectivity index (χ1v) is 12.2. The molecule has 0 spiro atoms. The maximum atomic E-state index is 13.5. The van der Waals surface area contributed by atoms with E-state index in [4.69, 9.17) is 0 Å². The number of thioether (sulfide) groups is 1. The van der Waals surface area contributed by atoms with Gasteiger partial charge in [-0.3, -0.25) is 4.79 Å². The Kier molecular flexibility index (Phi) is 9.07. The minimum Gasteiger partial charge on any atom is -0.411 e. The van der Waals surface area contributed by atoms with Crippen molar-refractivity contribution < 1.29 is 36.2 Å². The standard InChI is InChI=1S/C18H21F3N4O5S2/c1-10(22-15(26)5-6-32(2,28)29)9-31-18-16(24-30-25-18)14(23-27)8-11-3-4-13(19)12(7-11)17(20)21/h3-4,7,10,17,27H,5-6,8-9H2,1-2H3,(H,22,26)/t10-/m1/s1. The van der Waals surface area contributed by atoms with E-state index >= 15 is 0 Å². The molecule has 0 unspecified atom stereocenters. The van der Waals surface area contributed by atoms with Crippen LogP contribution in [0.5, 0.6) is 0 Å². The van der Waals surface area contributed by atoms with Gasteiger partial charge in [-0.25, -0.2) is 26.2 Å². The van der Waals surface area contributed by atoms with Gasteiger partial charge in [0.25, 0.3) is 6.43 Å². The van der Waals surface area contributed by atoms with Crippen molar-refractivity contribution in [2.75, 3.05) is 17.8 Å². The third kappa shape index (κ3) is 7.82. The van der Waals surface area contributed by atoms with Crippen LogP contribution in [0.3, 0.4) is 0 Å². The number of nitrogens with zero attached hydrogens (tertiary/aromatic N) is 3. The summed E-state index contributed by atoms with van der Waals surface area (Å²) in [6.07, 6.45) is -2.27. The van der Waals surface area contributed by atoms with Gasteiger partial charge in [0.2, 0.25) is 5.91 Å². The van der Waals surface area contributed by atoms with E-state index in [0.717, 1.165) is 30.2 Å². The number of rotatable bonds is 11. The summed E-state index contributed by atoms with van der Waals surface area (Å²) in [6.45, 7) is 1.70. The van der Waals surface area contributed by atoms with E-state index in [-0.39, 0.29) is 46.6 Å². The summed E-state index contributed by atoms with van der Waals surface area (Å²) in [7, 11) is -3.25. The highest BCUT2D eigenvalue weighted by Gasteiger charge is 2.21. The number of nitrogens with one attached hydrogen (secondary N) is 1. The number of benzene rings is 1. The second-order valence-corrected chi connectivity index (χ2v) is 10.2. The van der Waals surface area contributed by atoms with Gasteiger partial charge in [0, 0.05) is 30.9 Å². The van der Waals surface area contributed by atoms with Crippen molar-refractivity contribution in [3.8, 4) is 0 Å². The van der Waals surface area contributed by atoms with Crippen molar-refractivity contribution in [3.05, 3.63) is 40.8 Å². The molecule has 1 aromatic carbocycles. The normalized spacial score (nSPS) is 13.4. The number of hydrogen-bond donors (Lipinski definition) is 2. The Hall–Kier alpha value is -2.61. The number of amides is 1. The molecule has 0 bridgehead atoms. The van der Waals surface area contributed by atoms with E-state index < -0.39 is 33.6 Å². The Morgan fingerprint density at radius 3 is 2.69 bits per heavy atom. The fourth-order valence-electron chi connectivity index (χ4n) is 2.55. The average Bonchev–Trinajstić information content (AvgIpc) is 3.18. The van der Waals surface area contributed by atoms with Gasteiger partial charge in [0.15, 0.2) is 10.7 Å². The summed E-state index contributed by atoms with van der Waals surface area (Å²) >= 11 is 1.12. The van der Waals surface area contributed by atoms with Gasteiger partial charge in [-0.1, -0.05) is 23.0 Å². The summed E-state index contributed by atoms with van der Waals surface area (Å²) in [5.41, 5.74) is -0.477. The third-order valence-electron chi connectivity index (χ3n) is 4.10. The Balaban J connectivity index is 2.01. The number of oxime groups is 1. The van der Waals surface area contributed by atoms with Crippen LogP contribution in [0.4, 0.5) is 13.2 Å². The molecular weight excluding hydrogens is 473 g/mol. The van der Waals surface area contributed by atoms with Crippen LogP contribution in [0.15, 0.2) is 33.0 Å². The highest BCUT2D eigenvalue weighted by Crippen LogP contribution is 2.25. The van der Waals surface area contributed by atoms with Crippen molar-refractivity contribution >= 4 is 33.2 Å². The molecule has 2 aromatic rings. The van der Waals surface area contributed by atoms with Crippen LogP contribution >= 0.6 is 11.8 Å². The Morgan fingerprint density at radius 2 is 2.06 bits per heavy atom. The van der Waals surface area contributed by atoms with Crippen LogP contribution in [0.1, 0.15) is 36.6 Å². The summed E-state index contributed by atoms with van der Waals surface area (Å²) in [4.78, 5) is 11.8. The molecule has 0 aliphatic rings. The lowest BCUT2D eigenvalue weighted by Gasteiger charge is -2.12. The summed E-state index contributed by atoms with van der Waals surface area (Å²) in [5.74, 6) is -1.43. The van der Waals surface area contributed by atoms with Crippen LogP contribution < -0.4 is 5.32 Å². The zero-order chi connectivity index (χ0) is 23.9. The zero-order valence-corrected chi connectivity index (χ0v) is 18.7. The third-order valence-corrected chi connectivity index (χ3v) is 6.25. The van der Waals surface area contributed by atoms with E-state index in [0.29, 0.717) is 5.75 Å². The molecular formula is C18H21F3N4O5S2. The van der Waals surface area contributed by atoms with Gasteiger partial charge >= 0.3 is 0 Å². The maximum Gasteiger partial charge on any atom is 0.266 e. The van der Waals surface area contributed by atoms with E-state index in [1.165, 1.54) is 6.07 Å². The second-order valence-electron chi connectivity index (χ2n) is 6.96. The predicted molar refractivity (Wildman–Crippen MR) is 110 cm³/mol. The van der Waals surface area contributed by atoms with Crippen LogP contribution in [-0.2, 0) is 21.1 Å².